The SMILES string of the molecule is Cc1sc(C(CC(=O)N(C)C)N=CN)cc1-c1cccc(C#N)c1. The van der Waals surface area contributed by atoms with Crippen molar-refractivity contribution < 1.29 is 4.79 Å². The number of nitrogens with zero attached hydrogens (tertiary/aromatic N) is 3. The highest BCUT2D eigenvalue weighted by atomic mass is 32.1. The van der Waals surface area contributed by atoms with Crippen molar-refractivity contribution in [2.75, 3.05) is 14.1 Å². The van der Waals surface area contributed by atoms with Gasteiger partial charge in [0, 0.05) is 23.8 Å². The third-order valence-electron chi connectivity index (χ3n) is 3.70. The number of aryl methyl sites for hydroxylation is 1. The number of aliphatic imine (C=N–C) groups is 1. The molecule has 1 aromatic carbocycles. The Morgan fingerprint density at radius 1 is 1.46 bits per heavy atom. The molecule has 124 valence electrons. The molecule has 1 unspecified atom stereocenters. The Hall–Kier alpha value is -2.65. The molecule has 0 radical (unpaired) electrons. The first kappa shape index (κ1) is 17.7. The minimum Gasteiger partial charge on any atom is -0.390 e. The van der Waals surface area contributed by atoms with Crippen LogP contribution in [0.25, 0.3) is 11.1 Å². The van der Waals surface area contributed by atoms with Gasteiger partial charge in [-0.1, -0.05) is 12.1 Å². The zero-order chi connectivity index (χ0) is 17.7. The first-order chi connectivity index (χ1) is 11.5. The molecule has 1 atom stereocenters. The second-order valence-corrected chi connectivity index (χ2v) is 6.91. The van der Waals surface area contributed by atoms with E-state index in [1.807, 2.05) is 31.2 Å². The molecule has 0 aliphatic heterocycles. The number of thiophene rings is 1. The largest absolute Gasteiger partial charge is 0.390 e. The topological polar surface area (TPSA) is 82.5 Å². The second kappa shape index (κ2) is 7.75. The first-order valence-electron chi connectivity index (χ1n) is 7.50. The van der Waals surface area contributed by atoms with Gasteiger partial charge in [-0.25, -0.2) is 0 Å². The van der Waals surface area contributed by atoms with Crippen LogP contribution in [0.15, 0.2) is 35.3 Å². The zero-order valence-electron chi connectivity index (χ0n) is 14.0. The molecule has 0 aliphatic carbocycles. The number of benzene rings is 1. The molecule has 0 bridgehead atoms. The first-order valence-corrected chi connectivity index (χ1v) is 8.32. The van der Waals surface area contributed by atoms with Gasteiger partial charge in [-0.15, -0.1) is 11.3 Å². The van der Waals surface area contributed by atoms with E-state index in [0.29, 0.717) is 5.56 Å². The van der Waals surface area contributed by atoms with E-state index in [9.17, 15) is 4.79 Å². The maximum Gasteiger partial charge on any atom is 0.224 e. The molecule has 0 saturated carbocycles. The second-order valence-electron chi connectivity index (χ2n) is 5.62. The lowest BCUT2D eigenvalue weighted by Crippen LogP contribution is -2.23. The number of carbonyl (C=O) groups excluding carboxylic acids is 1. The van der Waals surface area contributed by atoms with Gasteiger partial charge in [0.25, 0.3) is 0 Å². The van der Waals surface area contributed by atoms with Crippen molar-refractivity contribution in [2.24, 2.45) is 10.7 Å². The van der Waals surface area contributed by atoms with E-state index in [-0.39, 0.29) is 18.4 Å². The zero-order valence-corrected chi connectivity index (χ0v) is 14.8. The van der Waals surface area contributed by atoms with Crippen molar-refractivity contribution in [2.45, 2.75) is 19.4 Å². The van der Waals surface area contributed by atoms with Gasteiger partial charge in [-0.3, -0.25) is 9.79 Å². The van der Waals surface area contributed by atoms with Gasteiger partial charge in [0.2, 0.25) is 5.91 Å². The van der Waals surface area contributed by atoms with Crippen LogP contribution in [0.3, 0.4) is 0 Å². The molecule has 0 saturated heterocycles. The molecule has 1 amide bonds. The average molecular weight is 340 g/mol. The van der Waals surface area contributed by atoms with Gasteiger partial charge >= 0.3 is 0 Å². The monoisotopic (exact) mass is 340 g/mol. The minimum absolute atomic E-state index is 0.00433. The van der Waals surface area contributed by atoms with Crippen LogP contribution in [0.5, 0.6) is 0 Å². The molecule has 24 heavy (non-hydrogen) atoms. The fourth-order valence-corrected chi connectivity index (χ4v) is 3.49. The number of hydrogen-bond donors (Lipinski definition) is 1. The molecule has 0 fully saturated rings. The van der Waals surface area contributed by atoms with Gasteiger partial charge in [-0.2, -0.15) is 5.26 Å². The molecule has 2 rings (SSSR count). The Kier molecular flexibility index (Phi) is 5.72. The van der Waals surface area contributed by atoms with Crippen molar-refractivity contribution in [3.63, 3.8) is 0 Å². The molecular formula is C18H20N4OS. The summed E-state index contributed by atoms with van der Waals surface area (Å²) in [5.74, 6) is 0.00433. The number of nitriles is 1. The minimum atomic E-state index is -0.290. The third kappa shape index (κ3) is 4.00. The molecule has 6 heteroatoms. The van der Waals surface area contributed by atoms with Crippen LogP contribution in [0.1, 0.15) is 27.8 Å². The number of rotatable bonds is 5. The van der Waals surface area contributed by atoms with Gasteiger partial charge < -0.3 is 10.6 Å². The third-order valence-corrected chi connectivity index (χ3v) is 4.85. The summed E-state index contributed by atoms with van der Waals surface area (Å²) in [5.41, 5.74) is 8.13. The molecule has 0 spiro atoms. The fraction of sp³-hybridized carbons (Fsp3) is 0.278. The normalized spacial score (nSPS) is 12.1. The van der Waals surface area contributed by atoms with Crippen LogP contribution in [-0.4, -0.2) is 31.2 Å². The van der Waals surface area contributed by atoms with E-state index >= 15 is 0 Å². The van der Waals surface area contributed by atoms with Crippen LogP contribution in [0, 0.1) is 18.3 Å². The lowest BCUT2D eigenvalue weighted by molar-refractivity contribution is -0.129. The van der Waals surface area contributed by atoms with E-state index in [2.05, 4.69) is 11.1 Å². The average Bonchev–Trinajstić information content (AvgIpc) is 2.96. The Bertz CT molecular complexity index is 802. The predicted molar refractivity (Wildman–Crippen MR) is 97.9 cm³/mol. The molecule has 1 heterocycles. The van der Waals surface area contributed by atoms with Crippen LogP contribution < -0.4 is 5.73 Å². The van der Waals surface area contributed by atoms with Gasteiger partial charge in [-0.05, 0) is 36.2 Å². The van der Waals surface area contributed by atoms with Gasteiger partial charge in [0.1, 0.15) is 0 Å². The molecule has 1 aromatic heterocycles. The highest BCUT2D eigenvalue weighted by Gasteiger charge is 2.20. The molecule has 5 nitrogen and oxygen atoms in total. The summed E-state index contributed by atoms with van der Waals surface area (Å²) in [6.07, 6.45) is 1.52. The smallest absolute Gasteiger partial charge is 0.224 e. The maximum atomic E-state index is 12.0. The van der Waals surface area contributed by atoms with E-state index in [4.69, 9.17) is 11.0 Å². The number of carbonyl (C=O) groups is 1. The molecular weight excluding hydrogens is 320 g/mol. The lowest BCUT2D eigenvalue weighted by atomic mass is 10.0. The predicted octanol–water partition coefficient (Wildman–Crippen LogP) is 3.10. The highest BCUT2D eigenvalue weighted by Crippen LogP contribution is 2.36. The van der Waals surface area contributed by atoms with E-state index in [0.717, 1.165) is 20.9 Å². The molecule has 0 aliphatic rings. The summed E-state index contributed by atoms with van der Waals surface area (Å²) in [4.78, 5) is 19.9. The van der Waals surface area contributed by atoms with Gasteiger partial charge in [0.05, 0.1) is 30.4 Å². The van der Waals surface area contributed by atoms with E-state index < -0.39 is 0 Å². The summed E-state index contributed by atoms with van der Waals surface area (Å²) in [5, 5.41) is 9.07. The van der Waals surface area contributed by atoms with Crippen LogP contribution in [-0.2, 0) is 4.79 Å². The van der Waals surface area contributed by atoms with Crippen molar-refractivity contribution >= 4 is 23.6 Å². The van der Waals surface area contributed by atoms with Crippen molar-refractivity contribution in [3.8, 4) is 17.2 Å². The van der Waals surface area contributed by atoms with Crippen molar-refractivity contribution in [3.05, 3.63) is 45.6 Å². The van der Waals surface area contributed by atoms with Crippen molar-refractivity contribution in [1.82, 2.24) is 4.90 Å². The van der Waals surface area contributed by atoms with Crippen molar-refractivity contribution in [1.29, 1.82) is 5.26 Å². The van der Waals surface area contributed by atoms with Gasteiger partial charge in [0.15, 0.2) is 0 Å². The van der Waals surface area contributed by atoms with Crippen LogP contribution >= 0.6 is 11.3 Å². The summed E-state index contributed by atoms with van der Waals surface area (Å²) < 4.78 is 0. The Morgan fingerprint density at radius 3 is 2.83 bits per heavy atom. The van der Waals surface area contributed by atoms with E-state index in [1.54, 1.807) is 36.4 Å². The number of nitrogens with two attached hydrogens (primary N) is 1. The van der Waals surface area contributed by atoms with Crippen LogP contribution in [0.2, 0.25) is 0 Å². The standard InChI is InChI=1S/C18H20N4OS/c1-12-15(14-6-4-5-13(7-14)10-19)8-17(24-12)16(21-11-20)9-18(23)22(2)3/h4-8,11,16H,9H2,1-3H3,(H2,20,21). The van der Waals surface area contributed by atoms with Crippen LogP contribution in [0.4, 0.5) is 0 Å². The number of hydrogen-bond acceptors (Lipinski definition) is 4. The molecule has 2 aromatic rings. The Labute approximate surface area is 146 Å². The lowest BCUT2D eigenvalue weighted by Gasteiger charge is -2.14. The summed E-state index contributed by atoms with van der Waals surface area (Å²) in [7, 11) is 3.45. The molecule has 2 N–H and O–H groups in total. The van der Waals surface area contributed by atoms with E-state index in [1.165, 1.54) is 6.34 Å². The number of amides is 1. The Morgan fingerprint density at radius 2 is 2.21 bits per heavy atom. The quantitative estimate of drug-likeness (QED) is 0.670. The fourth-order valence-electron chi connectivity index (χ4n) is 2.39. The summed E-state index contributed by atoms with van der Waals surface area (Å²) in [6.45, 7) is 2.03. The maximum absolute atomic E-state index is 12.0. The summed E-state index contributed by atoms with van der Waals surface area (Å²) >= 11 is 1.60. The summed E-state index contributed by atoms with van der Waals surface area (Å²) in [6, 6.07) is 11.4. The highest BCUT2D eigenvalue weighted by molar-refractivity contribution is 7.12. The Balaban J connectivity index is 2.37.